The van der Waals surface area contributed by atoms with E-state index in [9.17, 15) is 4.79 Å². The van der Waals surface area contributed by atoms with E-state index in [1.165, 1.54) is 19.3 Å². The molecule has 2 aliphatic rings. The number of ether oxygens (including phenoxy) is 1. The lowest BCUT2D eigenvalue weighted by Crippen LogP contribution is -2.53. The van der Waals surface area contributed by atoms with Gasteiger partial charge in [0.1, 0.15) is 6.73 Å². The monoisotopic (exact) mass is 315 g/mol. The molecule has 0 amide bonds. The molecule has 0 radical (unpaired) electrons. The molecule has 3 nitrogen and oxygen atoms in total. The number of piperidine rings is 1. The van der Waals surface area contributed by atoms with Crippen molar-refractivity contribution in [1.29, 1.82) is 0 Å². The second kappa shape index (κ2) is 6.27. The normalized spacial score (nSPS) is 26.3. The molecule has 1 heterocycles. The molecule has 0 aromatic heterocycles. The number of esters is 1. The molecular weight excluding hydrogens is 286 g/mol. The Hall–Kier alpha value is -1.35. The molecule has 1 atom stereocenters. The zero-order chi connectivity index (χ0) is 16.5. The molecule has 23 heavy (non-hydrogen) atoms. The van der Waals surface area contributed by atoms with Crippen molar-refractivity contribution in [2.45, 2.75) is 64.3 Å². The van der Waals surface area contributed by atoms with E-state index in [0.29, 0.717) is 12.8 Å². The number of nitrogens with zero attached hydrogens (tertiary/aromatic N) is 1. The maximum atomic E-state index is 12.9. The zero-order valence-corrected chi connectivity index (χ0v) is 14.7. The number of benzene rings is 1. The van der Waals surface area contributed by atoms with Crippen LogP contribution in [0.5, 0.6) is 0 Å². The standard InChI is InChI=1S/C20H29NO2/c1-16-9-7-8-12-21(16)15-23-18(22)20(13-19(2,3)14-20)17-10-5-4-6-11-17/h4-6,10-11,16H,7-9,12-15H2,1-3H3. The van der Waals surface area contributed by atoms with Gasteiger partial charge in [-0.25, -0.2) is 0 Å². The first-order valence-electron chi connectivity index (χ1n) is 8.90. The third-order valence-corrected chi connectivity index (χ3v) is 5.58. The van der Waals surface area contributed by atoms with Crippen molar-refractivity contribution in [3.63, 3.8) is 0 Å². The smallest absolute Gasteiger partial charge is 0.317 e. The Bertz CT molecular complexity index is 544. The fourth-order valence-corrected chi connectivity index (χ4v) is 4.43. The first-order chi connectivity index (χ1) is 10.9. The highest BCUT2D eigenvalue weighted by atomic mass is 16.5. The molecule has 0 bridgehead atoms. The van der Waals surface area contributed by atoms with Crippen molar-refractivity contribution in [2.24, 2.45) is 5.41 Å². The van der Waals surface area contributed by atoms with Crippen molar-refractivity contribution in [2.75, 3.05) is 13.3 Å². The third-order valence-electron chi connectivity index (χ3n) is 5.58. The average molecular weight is 315 g/mol. The van der Waals surface area contributed by atoms with Gasteiger partial charge in [-0.15, -0.1) is 0 Å². The lowest BCUT2D eigenvalue weighted by molar-refractivity contribution is -0.166. The summed E-state index contributed by atoms with van der Waals surface area (Å²) in [7, 11) is 0. The fourth-order valence-electron chi connectivity index (χ4n) is 4.43. The summed E-state index contributed by atoms with van der Waals surface area (Å²) in [5, 5.41) is 0. The molecule has 1 aliphatic carbocycles. The van der Waals surface area contributed by atoms with Gasteiger partial charge in [0.15, 0.2) is 0 Å². The van der Waals surface area contributed by atoms with Crippen molar-refractivity contribution in [3.8, 4) is 0 Å². The quantitative estimate of drug-likeness (QED) is 0.783. The van der Waals surface area contributed by atoms with E-state index in [-0.39, 0.29) is 11.4 Å². The van der Waals surface area contributed by atoms with E-state index in [4.69, 9.17) is 4.74 Å². The average Bonchev–Trinajstić information content (AvgIpc) is 2.52. The minimum atomic E-state index is -0.441. The number of rotatable bonds is 4. The van der Waals surface area contributed by atoms with Crippen molar-refractivity contribution in [1.82, 2.24) is 4.90 Å². The van der Waals surface area contributed by atoms with E-state index in [1.54, 1.807) is 0 Å². The topological polar surface area (TPSA) is 29.5 Å². The van der Waals surface area contributed by atoms with Crippen LogP contribution in [0.4, 0.5) is 0 Å². The summed E-state index contributed by atoms with van der Waals surface area (Å²) in [5.74, 6) is -0.0409. The summed E-state index contributed by atoms with van der Waals surface area (Å²) >= 11 is 0. The predicted octanol–water partition coefficient (Wildman–Crippen LogP) is 4.12. The zero-order valence-electron chi connectivity index (χ0n) is 14.7. The van der Waals surface area contributed by atoms with Crippen LogP contribution in [0.25, 0.3) is 0 Å². The summed E-state index contributed by atoms with van der Waals surface area (Å²) in [6, 6.07) is 10.7. The van der Waals surface area contributed by atoms with Crippen LogP contribution in [0.3, 0.4) is 0 Å². The summed E-state index contributed by atoms with van der Waals surface area (Å²) in [4.78, 5) is 15.2. The van der Waals surface area contributed by atoms with Crippen molar-refractivity contribution < 1.29 is 9.53 Å². The number of hydrogen-bond acceptors (Lipinski definition) is 3. The Morgan fingerprint density at radius 1 is 1.22 bits per heavy atom. The molecule has 0 N–H and O–H groups in total. The van der Waals surface area contributed by atoms with E-state index in [2.05, 4.69) is 37.8 Å². The molecule has 3 heteroatoms. The number of carbonyl (C=O) groups is 1. The van der Waals surface area contributed by atoms with Crippen LogP contribution < -0.4 is 0 Å². The van der Waals surface area contributed by atoms with Gasteiger partial charge in [0.05, 0.1) is 5.41 Å². The molecule has 1 saturated heterocycles. The Labute approximate surface area is 140 Å². The molecule has 1 unspecified atom stereocenters. The number of hydrogen-bond donors (Lipinski definition) is 0. The van der Waals surface area contributed by atoms with Crippen LogP contribution >= 0.6 is 0 Å². The molecule has 0 spiro atoms. The van der Waals surface area contributed by atoms with Crippen LogP contribution in [-0.2, 0) is 14.9 Å². The Kier molecular flexibility index (Phi) is 4.50. The second-order valence-corrected chi connectivity index (χ2v) is 8.18. The third kappa shape index (κ3) is 3.30. The first kappa shape index (κ1) is 16.5. The molecule has 126 valence electrons. The maximum absolute atomic E-state index is 12.9. The van der Waals surface area contributed by atoms with Gasteiger partial charge < -0.3 is 4.74 Å². The van der Waals surface area contributed by atoms with Gasteiger partial charge in [-0.3, -0.25) is 9.69 Å². The summed E-state index contributed by atoms with van der Waals surface area (Å²) in [5.41, 5.74) is 0.882. The number of carbonyl (C=O) groups excluding carboxylic acids is 1. The van der Waals surface area contributed by atoms with Gasteiger partial charge >= 0.3 is 5.97 Å². The predicted molar refractivity (Wildman–Crippen MR) is 92.1 cm³/mol. The fraction of sp³-hybridized carbons (Fsp3) is 0.650. The summed E-state index contributed by atoms with van der Waals surface area (Å²) < 4.78 is 5.79. The van der Waals surface area contributed by atoms with Crippen molar-refractivity contribution >= 4 is 5.97 Å². The molecule has 1 aromatic rings. The van der Waals surface area contributed by atoms with E-state index >= 15 is 0 Å². The van der Waals surface area contributed by atoms with Crippen LogP contribution in [0.15, 0.2) is 30.3 Å². The lowest BCUT2D eigenvalue weighted by Gasteiger charge is -2.51. The highest BCUT2D eigenvalue weighted by molar-refractivity contribution is 5.85. The minimum Gasteiger partial charge on any atom is -0.449 e. The lowest BCUT2D eigenvalue weighted by atomic mass is 9.52. The van der Waals surface area contributed by atoms with Crippen LogP contribution in [0.1, 0.15) is 58.4 Å². The molecule has 1 saturated carbocycles. The van der Waals surface area contributed by atoms with Gasteiger partial charge in [-0.1, -0.05) is 50.6 Å². The summed E-state index contributed by atoms with van der Waals surface area (Å²) in [6.45, 7) is 8.17. The van der Waals surface area contributed by atoms with Gasteiger partial charge in [0.25, 0.3) is 0 Å². The van der Waals surface area contributed by atoms with E-state index in [0.717, 1.165) is 24.9 Å². The van der Waals surface area contributed by atoms with Gasteiger partial charge in [-0.2, -0.15) is 0 Å². The van der Waals surface area contributed by atoms with Gasteiger partial charge in [-0.05, 0) is 43.6 Å². The van der Waals surface area contributed by atoms with Crippen LogP contribution in [-0.4, -0.2) is 30.2 Å². The van der Waals surface area contributed by atoms with E-state index in [1.807, 2.05) is 18.2 Å². The van der Waals surface area contributed by atoms with Gasteiger partial charge in [0, 0.05) is 12.6 Å². The van der Waals surface area contributed by atoms with E-state index < -0.39 is 5.41 Å². The SMILES string of the molecule is CC1CCCCN1COC(=O)C1(c2ccccc2)CC(C)(C)C1. The largest absolute Gasteiger partial charge is 0.449 e. The molecule has 2 fully saturated rings. The summed E-state index contributed by atoms with van der Waals surface area (Å²) in [6.07, 6.45) is 5.44. The molecule has 1 aromatic carbocycles. The molecular formula is C20H29NO2. The Balaban J connectivity index is 1.70. The van der Waals surface area contributed by atoms with Gasteiger partial charge in [0.2, 0.25) is 0 Å². The second-order valence-electron chi connectivity index (χ2n) is 8.18. The maximum Gasteiger partial charge on any atom is 0.317 e. The highest BCUT2D eigenvalue weighted by Crippen LogP contribution is 2.56. The minimum absolute atomic E-state index is 0.0409. The molecule has 3 rings (SSSR count). The number of likely N-dealkylation sites (tertiary alicyclic amines) is 1. The molecule has 1 aliphatic heterocycles. The Morgan fingerprint density at radius 2 is 1.91 bits per heavy atom. The first-order valence-corrected chi connectivity index (χ1v) is 8.90. The van der Waals surface area contributed by atoms with Crippen molar-refractivity contribution in [3.05, 3.63) is 35.9 Å². The van der Waals surface area contributed by atoms with Crippen LogP contribution in [0.2, 0.25) is 0 Å². The Morgan fingerprint density at radius 3 is 2.52 bits per heavy atom. The van der Waals surface area contributed by atoms with Crippen LogP contribution in [0, 0.1) is 5.41 Å². The highest BCUT2D eigenvalue weighted by Gasteiger charge is 2.56.